The van der Waals surface area contributed by atoms with Gasteiger partial charge in [-0.25, -0.2) is 4.98 Å². The van der Waals surface area contributed by atoms with Gasteiger partial charge in [0.15, 0.2) is 29.8 Å². The molecule has 2 aliphatic rings. The van der Waals surface area contributed by atoms with Crippen molar-refractivity contribution in [1.82, 2.24) is 15.2 Å². The summed E-state index contributed by atoms with van der Waals surface area (Å²) < 4.78 is 2.96. The molecule has 3 aromatic rings. The lowest BCUT2D eigenvalue weighted by molar-refractivity contribution is -0.687. The van der Waals surface area contributed by atoms with Crippen molar-refractivity contribution in [2.45, 2.75) is 18.0 Å². The maximum Gasteiger partial charge on any atom is 0.276 e. The molecule has 0 aliphatic carbocycles. The van der Waals surface area contributed by atoms with E-state index in [4.69, 9.17) is 10.6 Å². The lowest BCUT2D eigenvalue weighted by atomic mass is 10.0. The quantitative estimate of drug-likeness (QED) is 0.182. The molecule has 1 fully saturated rings. The van der Waals surface area contributed by atoms with Crippen LogP contribution in [-0.4, -0.2) is 57.7 Å². The number of anilines is 1. The number of oxime groups is 1. The molecule has 180 valence electrons. The highest BCUT2D eigenvalue weighted by atomic mass is 32.2. The highest BCUT2D eigenvalue weighted by Crippen LogP contribution is 2.40. The first-order chi connectivity index (χ1) is 16.9. The molecule has 35 heavy (non-hydrogen) atoms. The normalized spacial score (nSPS) is 20.0. The van der Waals surface area contributed by atoms with Crippen LogP contribution in [0.3, 0.4) is 0 Å². The monoisotopic (exact) mass is 530 g/mol. The van der Waals surface area contributed by atoms with Crippen molar-refractivity contribution in [3.05, 3.63) is 52.3 Å². The van der Waals surface area contributed by atoms with Crippen LogP contribution in [0.1, 0.15) is 5.69 Å². The summed E-state index contributed by atoms with van der Waals surface area (Å²) in [5, 5.41) is 22.7. The second-order valence-electron chi connectivity index (χ2n) is 7.65. The van der Waals surface area contributed by atoms with Gasteiger partial charge in [-0.15, -0.1) is 34.4 Å². The summed E-state index contributed by atoms with van der Waals surface area (Å²) in [6.45, 7) is 0.299. The van der Waals surface area contributed by atoms with E-state index in [1.165, 1.54) is 23.8 Å². The Balaban J connectivity index is 1.36. The number of carboxylic acid groups (broad SMARTS) is 1. The van der Waals surface area contributed by atoms with Crippen LogP contribution in [0.5, 0.6) is 0 Å². The summed E-state index contributed by atoms with van der Waals surface area (Å²) in [6.07, 6.45) is 3.81. The summed E-state index contributed by atoms with van der Waals surface area (Å²) in [7, 11) is 1.28. The molecule has 2 atom stereocenters. The van der Waals surface area contributed by atoms with Crippen LogP contribution in [0, 0.1) is 0 Å². The number of nitrogens with one attached hydrogen (secondary N) is 1. The summed E-state index contributed by atoms with van der Waals surface area (Å²) in [6, 6.07) is 3.03. The predicted octanol–water partition coefficient (Wildman–Crippen LogP) is -0.318. The summed E-state index contributed by atoms with van der Waals surface area (Å²) in [5.41, 5.74) is 6.13. The molecule has 11 nitrogen and oxygen atoms in total. The standard InChI is InChI=1S/C21H18N6O5S3/c1-32-25-14(12-9-35-21(22)23-12)17(28)24-15-18(29)27-16(20(30)31)11(8-34-19(15)27)6-26-4-2-10-3-5-33-13(10)7-26/h2-5,7,9,15,19H,6,8H2,1H3,(H3-,22,23,24,28,30,31)/b25-14+. The first-order valence-electron chi connectivity index (χ1n) is 10.2. The number of aliphatic carboxylic acids is 1. The molecule has 2 aliphatic heterocycles. The third-order valence-corrected chi connectivity index (χ3v) is 8.40. The Hall–Kier alpha value is -3.49. The number of thiophene rings is 1. The molecule has 0 aromatic carbocycles. The minimum absolute atomic E-state index is 0.135. The maximum absolute atomic E-state index is 13.0. The number of hydrogen-bond acceptors (Lipinski definition) is 11. The van der Waals surface area contributed by atoms with Gasteiger partial charge in [0.1, 0.15) is 24.2 Å². The van der Waals surface area contributed by atoms with E-state index >= 15 is 0 Å². The number of nitrogens with zero attached hydrogens (tertiary/aromatic N) is 4. The van der Waals surface area contributed by atoms with E-state index in [2.05, 4.69) is 15.5 Å². The van der Waals surface area contributed by atoms with Crippen molar-refractivity contribution in [3.8, 4) is 0 Å². The average molecular weight is 531 g/mol. The third kappa shape index (κ3) is 4.24. The van der Waals surface area contributed by atoms with Crippen LogP contribution >= 0.6 is 34.4 Å². The molecular formula is C21H18N6O5S3. The Morgan fingerprint density at radius 3 is 2.94 bits per heavy atom. The molecule has 5 heterocycles. The Morgan fingerprint density at radius 2 is 2.23 bits per heavy atom. The minimum Gasteiger partial charge on any atom is -0.543 e. The molecule has 2 unspecified atom stereocenters. The fourth-order valence-electron chi connectivity index (χ4n) is 3.96. The third-order valence-electron chi connectivity index (χ3n) is 5.52. The number of thioether (sulfide) groups is 1. The summed E-state index contributed by atoms with van der Waals surface area (Å²) in [4.78, 5) is 47.8. The number of nitrogen functional groups attached to an aromatic ring is 1. The largest absolute Gasteiger partial charge is 0.543 e. The molecule has 3 aromatic heterocycles. The van der Waals surface area contributed by atoms with E-state index in [0.29, 0.717) is 17.9 Å². The van der Waals surface area contributed by atoms with E-state index < -0.39 is 29.2 Å². The second kappa shape index (κ2) is 9.28. The smallest absolute Gasteiger partial charge is 0.276 e. The van der Waals surface area contributed by atoms with Crippen LogP contribution in [0.2, 0.25) is 0 Å². The zero-order chi connectivity index (χ0) is 24.7. The van der Waals surface area contributed by atoms with Gasteiger partial charge in [0.2, 0.25) is 0 Å². The Labute approximate surface area is 210 Å². The van der Waals surface area contributed by atoms with E-state index in [-0.39, 0.29) is 22.2 Å². The number of hydrogen-bond donors (Lipinski definition) is 2. The van der Waals surface area contributed by atoms with Gasteiger partial charge in [-0.1, -0.05) is 5.16 Å². The molecule has 0 spiro atoms. The van der Waals surface area contributed by atoms with Crippen LogP contribution in [0.25, 0.3) is 10.1 Å². The van der Waals surface area contributed by atoms with E-state index in [9.17, 15) is 19.5 Å². The highest BCUT2D eigenvalue weighted by Gasteiger charge is 2.53. The first-order valence-corrected chi connectivity index (χ1v) is 13.1. The van der Waals surface area contributed by atoms with Crippen LogP contribution in [0.4, 0.5) is 5.13 Å². The zero-order valence-corrected chi connectivity index (χ0v) is 20.6. The minimum atomic E-state index is -1.43. The number of aromatic nitrogens is 2. The number of carbonyl (C=O) groups is 3. The molecule has 2 amide bonds. The van der Waals surface area contributed by atoms with Crippen molar-refractivity contribution in [3.63, 3.8) is 0 Å². The molecule has 3 N–H and O–H groups in total. The van der Waals surface area contributed by atoms with Crippen molar-refractivity contribution in [1.29, 1.82) is 0 Å². The SMILES string of the molecule is CO/N=C(/C(=O)NC1C(=O)N2C(C(=O)[O-])=C(C[n+]3ccc4ccsc4c3)CSC12)c1csc(N)n1. The lowest BCUT2D eigenvalue weighted by Crippen LogP contribution is -2.71. The van der Waals surface area contributed by atoms with Gasteiger partial charge in [-0.3, -0.25) is 14.5 Å². The topological polar surface area (TPSA) is 154 Å². The van der Waals surface area contributed by atoms with E-state index in [0.717, 1.165) is 21.4 Å². The number of pyridine rings is 1. The highest BCUT2D eigenvalue weighted by molar-refractivity contribution is 8.00. The fourth-order valence-corrected chi connectivity index (χ4v) is 6.67. The number of thiazole rings is 1. The Morgan fingerprint density at radius 1 is 1.40 bits per heavy atom. The maximum atomic E-state index is 13.0. The second-order valence-corrected chi connectivity index (χ2v) is 10.6. The summed E-state index contributed by atoms with van der Waals surface area (Å²) >= 11 is 4.09. The number of carboxylic acids is 1. The molecule has 5 rings (SSSR count). The molecule has 14 heteroatoms. The first kappa shape index (κ1) is 23.3. The van der Waals surface area contributed by atoms with Crippen molar-refractivity contribution >= 4 is 73.1 Å². The van der Waals surface area contributed by atoms with Gasteiger partial charge in [0.25, 0.3) is 11.8 Å². The molecular weight excluding hydrogens is 512 g/mol. The van der Waals surface area contributed by atoms with Gasteiger partial charge >= 0.3 is 0 Å². The van der Waals surface area contributed by atoms with Gasteiger partial charge in [-0.05, 0) is 11.4 Å². The van der Waals surface area contributed by atoms with Gasteiger partial charge in [0.05, 0.1) is 16.4 Å². The van der Waals surface area contributed by atoms with Crippen molar-refractivity contribution in [2.24, 2.45) is 5.16 Å². The van der Waals surface area contributed by atoms with Gasteiger partial charge in [-0.2, -0.15) is 4.57 Å². The Bertz CT molecular complexity index is 1410. The van der Waals surface area contributed by atoms with Crippen molar-refractivity contribution in [2.75, 3.05) is 18.6 Å². The summed E-state index contributed by atoms with van der Waals surface area (Å²) in [5.74, 6) is -2.29. The van der Waals surface area contributed by atoms with E-state index in [1.807, 2.05) is 34.5 Å². The number of nitrogens with two attached hydrogens (primary N) is 1. The van der Waals surface area contributed by atoms with Crippen LogP contribution in [-0.2, 0) is 25.8 Å². The van der Waals surface area contributed by atoms with Crippen LogP contribution < -0.4 is 20.7 Å². The lowest BCUT2D eigenvalue weighted by Gasteiger charge is -2.50. The van der Waals surface area contributed by atoms with E-state index in [1.54, 1.807) is 16.7 Å². The Kier molecular flexibility index (Phi) is 6.17. The molecule has 0 radical (unpaired) electrons. The molecule has 1 saturated heterocycles. The fraction of sp³-hybridized carbons (Fsp3) is 0.238. The molecule has 0 saturated carbocycles. The predicted molar refractivity (Wildman–Crippen MR) is 129 cm³/mol. The molecule has 0 bridgehead atoms. The van der Waals surface area contributed by atoms with Gasteiger partial charge < -0.3 is 25.8 Å². The van der Waals surface area contributed by atoms with Gasteiger partial charge in [0, 0.05) is 28.2 Å². The number of carbonyl (C=O) groups excluding carboxylic acids is 3. The number of amides is 2. The average Bonchev–Trinajstić information content (AvgIpc) is 3.48. The number of β-lactam (4-membered cyclic amide) rings is 1. The number of rotatable bonds is 7. The van der Waals surface area contributed by atoms with Crippen LogP contribution in [0.15, 0.2) is 51.7 Å². The zero-order valence-electron chi connectivity index (χ0n) is 18.2. The van der Waals surface area contributed by atoms with Crippen molar-refractivity contribution < 1.29 is 28.9 Å². The number of fused-ring (bicyclic) bond motifs is 2.